The second-order valence-electron chi connectivity index (χ2n) is 6.51. The number of rotatable bonds is 5. The van der Waals surface area contributed by atoms with Crippen molar-refractivity contribution in [2.45, 2.75) is 39.4 Å². The lowest BCUT2D eigenvalue weighted by Gasteiger charge is -2.27. The third kappa shape index (κ3) is 3.33. The summed E-state index contributed by atoms with van der Waals surface area (Å²) in [6, 6.07) is 4.09. The molecule has 0 aliphatic carbocycles. The van der Waals surface area contributed by atoms with Crippen LogP contribution < -0.4 is 0 Å². The molecule has 128 valence electrons. The Morgan fingerprint density at radius 2 is 2.04 bits per heavy atom. The summed E-state index contributed by atoms with van der Waals surface area (Å²) in [6.07, 6.45) is 5.61. The average Bonchev–Trinajstić information content (AvgIpc) is 2.93. The molecule has 0 aromatic carbocycles. The Kier molecular flexibility index (Phi) is 4.94. The molecule has 0 atom stereocenters. The van der Waals surface area contributed by atoms with Crippen molar-refractivity contribution in [3.05, 3.63) is 47.0 Å². The van der Waals surface area contributed by atoms with Crippen molar-refractivity contribution in [2.75, 3.05) is 20.6 Å². The molecule has 0 bridgehead atoms. The van der Waals surface area contributed by atoms with Gasteiger partial charge in [0.25, 0.3) is 5.91 Å². The van der Waals surface area contributed by atoms with Gasteiger partial charge in [0.2, 0.25) is 0 Å². The Labute approximate surface area is 143 Å². The second kappa shape index (κ2) is 7.13. The summed E-state index contributed by atoms with van der Waals surface area (Å²) in [6.45, 7) is 5.64. The number of aryl methyl sites for hydroxylation is 1. The minimum atomic E-state index is -0.00753. The zero-order valence-corrected chi connectivity index (χ0v) is 14.7. The number of hydrogen-bond donors (Lipinski definition) is 0. The van der Waals surface area contributed by atoms with Gasteiger partial charge in [0.05, 0.1) is 0 Å². The van der Waals surface area contributed by atoms with Crippen molar-refractivity contribution in [3.63, 3.8) is 0 Å². The van der Waals surface area contributed by atoms with Crippen LogP contribution in [0.3, 0.4) is 0 Å². The van der Waals surface area contributed by atoms with Crippen molar-refractivity contribution in [3.8, 4) is 0 Å². The second-order valence-corrected chi connectivity index (χ2v) is 6.51. The van der Waals surface area contributed by atoms with E-state index in [-0.39, 0.29) is 5.91 Å². The quantitative estimate of drug-likeness (QED) is 0.842. The predicted octanol–water partition coefficient (Wildman–Crippen LogP) is 1.95. The number of nitrogens with zero attached hydrogens (tertiary/aromatic N) is 5. The van der Waals surface area contributed by atoms with Gasteiger partial charge in [0.1, 0.15) is 0 Å². The Bertz CT molecular complexity index is 708. The summed E-state index contributed by atoms with van der Waals surface area (Å²) in [5, 5.41) is 4.63. The smallest absolute Gasteiger partial charge is 0.274 e. The van der Waals surface area contributed by atoms with E-state index < -0.39 is 0 Å². The number of aromatic nitrogens is 3. The Hall–Kier alpha value is -2.21. The van der Waals surface area contributed by atoms with E-state index in [4.69, 9.17) is 0 Å². The molecule has 0 N–H and O–H groups in total. The monoisotopic (exact) mass is 327 g/mol. The van der Waals surface area contributed by atoms with Gasteiger partial charge in [-0.2, -0.15) is 5.10 Å². The highest BCUT2D eigenvalue weighted by Gasteiger charge is 2.28. The molecule has 6 heteroatoms. The van der Waals surface area contributed by atoms with Crippen molar-refractivity contribution in [2.24, 2.45) is 0 Å². The van der Waals surface area contributed by atoms with Crippen LogP contribution in [0.15, 0.2) is 24.5 Å². The maximum absolute atomic E-state index is 12.5. The Balaban J connectivity index is 1.87. The molecule has 24 heavy (non-hydrogen) atoms. The molecule has 1 amide bonds. The van der Waals surface area contributed by atoms with Gasteiger partial charge < -0.3 is 4.90 Å². The fourth-order valence-corrected chi connectivity index (χ4v) is 3.21. The maximum Gasteiger partial charge on any atom is 0.274 e. The number of carbonyl (C=O) groups excluding carboxylic acids is 1. The molecular weight excluding hydrogens is 302 g/mol. The van der Waals surface area contributed by atoms with E-state index in [1.165, 1.54) is 11.3 Å². The third-order valence-corrected chi connectivity index (χ3v) is 4.41. The van der Waals surface area contributed by atoms with Gasteiger partial charge >= 0.3 is 0 Å². The first-order valence-electron chi connectivity index (χ1n) is 8.51. The lowest BCUT2D eigenvalue weighted by Crippen LogP contribution is -2.32. The zero-order chi connectivity index (χ0) is 17.1. The first kappa shape index (κ1) is 16.6. The van der Waals surface area contributed by atoms with Crippen LogP contribution in [0.25, 0.3) is 0 Å². The fourth-order valence-electron chi connectivity index (χ4n) is 3.21. The van der Waals surface area contributed by atoms with E-state index in [0.717, 1.165) is 44.6 Å². The van der Waals surface area contributed by atoms with Crippen LogP contribution in [0.4, 0.5) is 0 Å². The van der Waals surface area contributed by atoms with Gasteiger partial charge in [-0.05, 0) is 24.1 Å². The van der Waals surface area contributed by atoms with Gasteiger partial charge in [-0.15, -0.1) is 0 Å². The molecule has 6 nitrogen and oxygen atoms in total. The topological polar surface area (TPSA) is 54.3 Å². The van der Waals surface area contributed by atoms with Crippen LogP contribution >= 0.6 is 0 Å². The van der Waals surface area contributed by atoms with Crippen molar-refractivity contribution in [1.29, 1.82) is 0 Å². The molecular formula is C18H25N5O. The van der Waals surface area contributed by atoms with Crippen molar-refractivity contribution in [1.82, 2.24) is 24.6 Å². The molecule has 2 aromatic heterocycles. The minimum Gasteiger partial charge on any atom is -0.343 e. The van der Waals surface area contributed by atoms with Gasteiger partial charge in [0, 0.05) is 70.3 Å². The number of pyridine rings is 1. The molecule has 3 rings (SSSR count). The SMILES string of the molecule is CCCn1nc(C(=O)N(C)C)c2c1CCN(Cc1ccncc1)C2. The molecule has 0 fully saturated rings. The first-order chi connectivity index (χ1) is 11.6. The summed E-state index contributed by atoms with van der Waals surface area (Å²) >= 11 is 0. The number of hydrogen-bond acceptors (Lipinski definition) is 4. The molecule has 0 saturated heterocycles. The Morgan fingerprint density at radius 1 is 1.29 bits per heavy atom. The van der Waals surface area contributed by atoms with Crippen LogP contribution in [0.1, 0.15) is 40.7 Å². The van der Waals surface area contributed by atoms with Crippen molar-refractivity contribution >= 4 is 5.91 Å². The standard InChI is InChI=1S/C18H25N5O/c1-4-10-23-16-7-11-22(12-14-5-8-19-9-6-14)13-15(16)17(20-23)18(24)21(2)3/h5-6,8-9H,4,7,10-13H2,1-3H3. The number of carbonyl (C=O) groups is 1. The van der Waals surface area contributed by atoms with Gasteiger partial charge in [0.15, 0.2) is 5.69 Å². The lowest BCUT2D eigenvalue weighted by atomic mass is 10.0. The first-order valence-corrected chi connectivity index (χ1v) is 8.51. The van der Waals surface area contributed by atoms with Crippen LogP contribution in [-0.2, 0) is 26.1 Å². The van der Waals surface area contributed by atoms with Crippen LogP contribution in [0.2, 0.25) is 0 Å². The molecule has 1 aliphatic heterocycles. The highest BCUT2D eigenvalue weighted by atomic mass is 16.2. The molecule has 2 aromatic rings. The highest BCUT2D eigenvalue weighted by Crippen LogP contribution is 2.25. The van der Waals surface area contributed by atoms with Gasteiger partial charge in [-0.1, -0.05) is 6.92 Å². The van der Waals surface area contributed by atoms with E-state index in [1.54, 1.807) is 19.0 Å². The summed E-state index contributed by atoms with van der Waals surface area (Å²) < 4.78 is 2.04. The normalized spacial score (nSPS) is 14.5. The maximum atomic E-state index is 12.5. The molecule has 0 spiro atoms. The largest absolute Gasteiger partial charge is 0.343 e. The number of amides is 1. The lowest BCUT2D eigenvalue weighted by molar-refractivity contribution is 0.0818. The summed E-state index contributed by atoms with van der Waals surface area (Å²) in [5.74, 6) is -0.00753. The molecule has 0 saturated carbocycles. The van der Waals surface area contributed by atoms with E-state index in [9.17, 15) is 4.79 Å². The molecule has 0 radical (unpaired) electrons. The van der Waals surface area contributed by atoms with E-state index >= 15 is 0 Å². The fraction of sp³-hybridized carbons (Fsp3) is 0.500. The van der Waals surface area contributed by atoms with Crippen LogP contribution in [0, 0.1) is 0 Å². The zero-order valence-electron chi connectivity index (χ0n) is 14.7. The minimum absolute atomic E-state index is 0.00753. The van der Waals surface area contributed by atoms with Gasteiger partial charge in [-0.25, -0.2) is 0 Å². The average molecular weight is 327 g/mol. The van der Waals surface area contributed by atoms with Gasteiger partial charge in [-0.3, -0.25) is 19.4 Å². The van der Waals surface area contributed by atoms with Crippen LogP contribution in [0.5, 0.6) is 0 Å². The number of fused-ring (bicyclic) bond motifs is 1. The van der Waals surface area contributed by atoms with Crippen molar-refractivity contribution < 1.29 is 4.79 Å². The summed E-state index contributed by atoms with van der Waals surface area (Å²) in [5.41, 5.74) is 4.19. The third-order valence-electron chi connectivity index (χ3n) is 4.41. The Morgan fingerprint density at radius 3 is 2.71 bits per heavy atom. The highest BCUT2D eigenvalue weighted by molar-refractivity contribution is 5.93. The van der Waals surface area contributed by atoms with E-state index in [1.807, 2.05) is 29.2 Å². The summed E-state index contributed by atoms with van der Waals surface area (Å²) in [4.78, 5) is 20.6. The van der Waals surface area contributed by atoms with E-state index in [0.29, 0.717) is 5.69 Å². The predicted molar refractivity (Wildman–Crippen MR) is 92.6 cm³/mol. The van der Waals surface area contributed by atoms with E-state index in [2.05, 4.69) is 21.9 Å². The summed E-state index contributed by atoms with van der Waals surface area (Å²) in [7, 11) is 3.57. The van der Waals surface area contributed by atoms with Crippen LogP contribution in [-0.4, -0.2) is 51.1 Å². The molecule has 3 heterocycles. The molecule has 1 aliphatic rings. The molecule has 0 unspecified atom stereocenters.